The van der Waals surface area contributed by atoms with Crippen LogP contribution in [0.3, 0.4) is 0 Å². The van der Waals surface area contributed by atoms with Gasteiger partial charge >= 0.3 is 0 Å². The zero-order valence-electron chi connectivity index (χ0n) is 14.8. The molecule has 25 heavy (non-hydrogen) atoms. The van der Waals surface area contributed by atoms with Gasteiger partial charge in [0.15, 0.2) is 0 Å². The Morgan fingerprint density at radius 3 is 2.48 bits per heavy atom. The van der Waals surface area contributed by atoms with Gasteiger partial charge in [-0.1, -0.05) is 12.8 Å². The fraction of sp³-hybridized carbons (Fsp3) is 0.500. The molecule has 0 spiro atoms. The lowest BCUT2D eigenvalue weighted by atomic mass is 10.2. The first-order valence-corrected chi connectivity index (χ1v) is 9.35. The lowest BCUT2D eigenvalue weighted by Crippen LogP contribution is -2.23. The number of nitrogens with zero attached hydrogens (tertiary/aromatic N) is 3. The van der Waals surface area contributed by atoms with Crippen molar-refractivity contribution in [3.05, 3.63) is 42.2 Å². The second-order valence-corrected chi connectivity index (χ2v) is 7.33. The van der Waals surface area contributed by atoms with Gasteiger partial charge in [-0.05, 0) is 55.0 Å². The largest absolute Gasteiger partial charge is 0.372 e. The summed E-state index contributed by atoms with van der Waals surface area (Å²) in [5.41, 5.74) is 3.32. The molecule has 132 valence electrons. The fourth-order valence-electron chi connectivity index (χ4n) is 3.80. The Morgan fingerprint density at radius 2 is 1.84 bits per heavy atom. The third kappa shape index (κ3) is 3.70. The molecule has 2 aromatic rings. The molecule has 1 saturated carbocycles. The van der Waals surface area contributed by atoms with Crippen LogP contribution >= 0.6 is 0 Å². The van der Waals surface area contributed by atoms with Crippen LogP contribution in [-0.2, 0) is 11.8 Å². The third-order valence-electron chi connectivity index (χ3n) is 5.39. The van der Waals surface area contributed by atoms with Gasteiger partial charge in [-0.25, -0.2) is 0 Å². The second-order valence-electron chi connectivity index (χ2n) is 7.33. The Morgan fingerprint density at radius 1 is 1.12 bits per heavy atom. The van der Waals surface area contributed by atoms with Gasteiger partial charge in [0.05, 0.1) is 6.20 Å². The lowest BCUT2D eigenvalue weighted by molar-refractivity contribution is -0.117. The van der Waals surface area contributed by atoms with Crippen LogP contribution in [0.2, 0.25) is 0 Å². The van der Waals surface area contributed by atoms with Crippen molar-refractivity contribution in [1.82, 2.24) is 9.78 Å². The molecule has 2 heterocycles. The average molecular weight is 338 g/mol. The van der Waals surface area contributed by atoms with Gasteiger partial charge in [-0.3, -0.25) is 9.48 Å². The van der Waals surface area contributed by atoms with Crippen LogP contribution in [0.1, 0.15) is 43.6 Å². The average Bonchev–Trinajstić information content (AvgIpc) is 3.37. The van der Waals surface area contributed by atoms with E-state index in [4.69, 9.17) is 0 Å². The maximum absolute atomic E-state index is 12.4. The predicted molar refractivity (Wildman–Crippen MR) is 99.8 cm³/mol. The zero-order valence-corrected chi connectivity index (χ0v) is 14.8. The molecular weight excluding hydrogens is 312 g/mol. The molecule has 5 heteroatoms. The molecule has 0 radical (unpaired) electrons. The monoisotopic (exact) mass is 338 g/mol. The number of anilines is 2. The van der Waals surface area contributed by atoms with Crippen molar-refractivity contribution in [2.45, 2.75) is 38.0 Å². The number of aromatic nitrogens is 2. The molecule has 1 aromatic carbocycles. The number of carbonyl (C=O) groups is 1. The van der Waals surface area contributed by atoms with Crippen molar-refractivity contribution in [2.24, 2.45) is 13.0 Å². The van der Waals surface area contributed by atoms with Crippen molar-refractivity contribution in [3.63, 3.8) is 0 Å². The van der Waals surface area contributed by atoms with Gasteiger partial charge in [0.1, 0.15) is 0 Å². The molecular formula is C20H26N4O. The summed E-state index contributed by atoms with van der Waals surface area (Å²) < 4.78 is 1.80. The maximum Gasteiger partial charge on any atom is 0.228 e. The SMILES string of the molecule is Cn1cc([C@@H]2C[C@@H]2C(=O)Nc2ccc(N3CCCCCC3)cc2)cn1. The van der Waals surface area contributed by atoms with E-state index in [9.17, 15) is 4.79 Å². The van der Waals surface area contributed by atoms with Gasteiger partial charge < -0.3 is 10.2 Å². The summed E-state index contributed by atoms with van der Waals surface area (Å²) in [4.78, 5) is 14.9. The number of carbonyl (C=O) groups excluding carboxylic acids is 1. The van der Waals surface area contributed by atoms with Crippen molar-refractivity contribution in [3.8, 4) is 0 Å². The second kappa shape index (κ2) is 6.90. The van der Waals surface area contributed by atoms with Crippen LogP contribution in [0.5, 0.6) is 0 Å². The normalized spacial score (nSPS) is 23.2. The Bertz CT molecular complexity index is 728. The van der Waals surface area contributed by atoms with Crippen LogP contribution < -0.4 is 10.2 Å². The molecule has 1 aliphatic carbocycles. The van der Waals surface area contributed by atoms with E-state index < -0.39 is 0 Å². The molecule has 1 amide bonds. The highest BCUT2D eigenvalue weighted by molar-refractivity contribution is 5.95. The summed E-state index contributed by atoms with van der Waals surface area (Å²) in [5, 5.41) is 7.26. The van der Waals surface area contributed by atoms with Crippen molar-refractivity contribution in [2.75, 3.05) is 23.3 Å². The molecule has 2 aliphatic rings. The standard InChI is InChI=1S/C20H26N4O/c1-23-14-15(13-21-23)18-12-19(18)20(25)22-16-6-8-17(9-7-16)24-10-4-2-3-5-11-24/h6-9,13-14,18-19H,2-5,10-12H2,1H3,(H,22,25)/t18-,19-/m0/s1. The summed E-state index contributed by atoms with van der Waals surface area (Å²) in [7, 11) is 1.91. The van der Waals surface area contributed by atoms with E-state index in [2.05, 4.69) is 27.4 Å². The highest BCUT2D eigenvalue weighted by atomic mass is 16.2. The van der Waals surface area contributed by atoms with Gasteiger partial charge in [-0.15, -0.1) is 0 Å². The number of nitrogens with one attached hydrogen (secondary N) is 1. The van der Waals surface area contributed by atoms with E-state index in [1.807, 2.05) is 31.6 Å². The quantitative estimate of drug-likeness (QED) is 0.927. The number of hydrogen-bond acceptors (Lipinski definition) is 3. The fourth-order valence-corrected chi connectivity index (χ4v) is 3.80. The van der Waals surface area contributed by atoms with Crippen LogP contribution in [0.15, 0.2) is 36.7 Å². The predicted octanol–water partition coefficient (Wildman–Crippen LogP) is 3.54. The Kier molecular flexibility index (Phi) is 4.47. The molecule has 0 unspecified atom stereocenters. The lowest BCUT2D eigenvalue weighted by Gasteiger charge is -2.22. The van der Waals surface area contributed by atoms with Crippen molar-refractivity contribution in [1.29, 1.82) is 0 Å². The first-order chi connectivity index (χ1) is 12.2. The molecule has 1 aliphatic heterocycles. The third-order valence-corrected chi connectivity index (χ3v) is 5.39. The Labute approximate surface area is 149 Å². The van der Waals surface area contributed by atoms with Crippen LogP contribution in [0.4, 0.5) is 11.4 Å². The number of hydrogen-bond donors (Lipinski definition) is 1. The zero-order chi connectivity index (χ0) is 17.2. The van der Waals surface area contributed by atoms with E-state index >= 15 is 0 Å². The molecule has 4 rings (SSSR count). The minimum absolute atomic E-state index is 0.0782. The summed E-state index contributed by atoms with van der Waals surface area (Å²) in [6, 6.07) is 8.32. The minimum Gasteiger partial charge on any atom is -0.372 e. The van der Waals surface area contributed by atoms with E-state index in [0.29, 0.717) is 5.92 Å². The molecule has 2 fully saturated rings. The van der Waals surface area contributed by atoms with Crippen LogP contribution in [0.25, 0.3) is 0 Å². The summed E-state index contributed by atoms with van der Waals surface area (Å²) in [6.45, 7) is 2.28. The van der Waals surface area contributed by atoms with Crippen molar-refractivity contribution < 1.29 is 4.79 Å². The molecule has 2 atom stereocenters. The van der Waals surface area contributed by atoms with Crippen LogP contribution in [-0.4, -0.2) is 28.8 Å². The Hall–Kier alpha value is -2.30. The molecule has 0 bridgehead atoms. The molecule has 1 saturated heterocycles. The van der Waals surface area contributed by atoms with Crippen molar-refractivity contribution >= 4 is 17.3 Å². The smallest absolute Gasteiger partial charge is 0.228 e. The van der Waals surface area contributed by atoms with Gasteiger partial charge in [0.25, 0.3) is 0 Å². The highest BCUT2D eigenvalue weighted by Gasteiger charge is 2.44. The van der Waals surface area contributed by atoms with E-state index in [1.165, 1.54) is 36.9 Å². The number of aryl methyl sites for hydroxylation is 1. The van der Waals surface area contributed by atoms with Gasteiger partial charge in [0.2, 0.25) is 5.91 Å². The molecule has 1 N–H and O–H groups in total. The van der Waals surface area contributed by atoms with E-state index in [-0.39, 0.29) is 11.8 Å². The minimum atomic E-state index is 0.0782. The van der Waals surface area contributed by atoms with Crippen LogP contribution in [0, 0.1) is 5.92 Å². The first-order valence-electron chi connectivity index (χ1n) is 9.35. The highest BCUT2D eigenvalue weighted by Crippen LogP contribution is 2.47. The number of amides is 1. The summed E-state index contributed by atoms with van der Waals surface area (Å²) >= 11 is 0. The number of rotatable bonds is 4. The molecule has 5 nitrogen and oxygen atoms in total. The topological polar surface area (TPSA) is 50.2 Å². The van der Waals surface area contributed by atoms with E-state index in [1.54, 1.807) is 4.68 Å². The van der Waals surface area contributed by atoms with Gasteiger partial charge in [-0.2, -0.15) is 5.10 Å². The van der Waals surface area contributed by atoms with E-state index in [0.717, 1.165) is 25.2 Å². The molecule has 1 aromatic heterocycles. The summed E-state index contributed by atoms with van der Waals surface area (Å²) in [5.74, 6) is 0.524. The summed E-state index contributed by atoms with van der Waals surface area (Å²) in [6.07, 6.45) is 10.0. The number of benzene rings is 1. The first kappa shape index (κ1) is 16.2. The van der Waals surface area contributed by atoms with Gasteiger partial charge in [0, 0.05) is 43.6 Å². The Balaban J connectivity index is 1.34. The maximum atomic E-state index is 12.4.